The Bertz CT molecular complexity index is 741. The predicted molar refractivity (Wildman–Crippen MR) is 89.0 cm³/mol. The molecule has 6 heteroatoms. The number of nitrogens with one attached hydrogen (secondary N) is 1. The lowest BCUT2D eigenvalue weighted by atomic mass is 9.84. The van der Waals surface area contributed by atoms with Crippen LogP contribution in [0.5, 0.6) is 5.75 Å². The molecule has 0 unspecified atom stereocenters. The molecule has 4 rings (SSSR count). The maximum absolute atomic E-state index is 12.7. The van der Waals surface area contributed by atoms with Gasteiger partial charge in [0.15, 0.2) is 0 Å². The van der Waals surface area contributed by atoms with Crippen molar-refractivity contribution in [1.82, 2.24) is 15.1 Å². The van der Waals surface area contributed by atoms with E-state index in [1.807, 2.05) is 29.2 Å². The Kier molecular flexibility index (Phi) is 3.76. The highest BCUT2D eigenvalue weighted by Crippen LogP contribution is 2.37. The predicted octanol–water partition coefficient (Wildman–Crippen LogP) is 2.48. The van der Waals surface area contributed by atoms with Crippen molar-refractivity contribution >= 4 is 5.91 Å². The molecule has 126 valence electrons. The molecule has 0 saturated carbocycles. The SMILES string of the molecule is COc1cccc(-c2cc(C(=O)N3CCC4(CCO4)CC3)[nH]n2)c1. The molecule has 0 bridgehead atoms. The first kappa shape index (κ1) is 15.2. The van der Waals surface area contributed by atoms with E-state index < -0.39 is 0 Å². The topological polar surface area (TPSA) is 67.4 Å². The minimum Gasteiger partial charge on any atom is -0.497 e. The Balaban J connectivity index is 1.47. The van der Waals surface area contributed by atoms with Crippen LogP contribution in [0.15, 0.2) is 30.3 Å². The van der Waals surface area contributed by atoms with E-state index in [-0.39, 0.29) is 11.5 Å². The molecule has 2 fully saturated rings. The third-order valence-corrected chi connectivity index (χ3v) is 5.10. The summed E-state index contributed by atoms with van der Waals surface area (Å²) in [5.74, 6) is 0.774. The summed E-state index contributed by atoms with van der Waals surface area (Å²) in [5, 5.41) is 7.16. The standard InChI is InChI=1S/C18H21N3O3/c1-23-14-4-2-3-13(11-14)15-12-16(20-19-15)17(22)21-8-5-18(6-9-21)7-10-24-18/h2-4,11-12H,5-10H2,1H3,(H,19,20). The molecule has 2 saturated heterocycles. The summed E-state index contributed by atoms with van der Waals surface area (Å²) in [7, 11) is 1.63. The van der Waals surface area contributed by atoms with Crippen molar-refractivity contribution < 1.29 is 14.3 Å². The van der Waals surface area contributed by atoms with Crippen LogP contribution < -0.4 is 4.74 Å². The Morgan fingerprint density at radius 3 is 2.75 bits per heavy atom. The van der Waals surface area contributed by atoms with Gasteiger partial charge in [0.05, 0.1) is 25.0 Å². The normalized spacial score (nSPS) is 19.1. The highest BCUT2D eigenvalue weighted by molar-refractivity contribution is 5.93. The maximum Gasteiger partial charge on any atom is 0.271 e. The quantitative estimate of drug-likeness (QED) is 0.940. The molecule has 1 spiro atoms. The average molecular weight is 327 g/mol. The number of nitrogens with zero attached hydrogens (tertiary/aromatic N) is 2. The molecule has 6 nitrogen and oxygen atoms in total. The second-order valence-corrected chi connectivity index (χ2v) is 6.47. The van der Waals surface area contributed by atoms with Gasteiger partial charge in [0.1, 0.15) is 11.4 Å². The zero-order valence-corrected chi connectivity index (χ0v) is 13.7. The summed E-state index contributed by atoms with van der Waals surface area (Å²) in [6.07, 6.45) is 2.98. The molecule has 1 N–H and O–H groups in total. The molecule has 1 aromatic heterocycles. The van der Waals surface area contributed by atoms with Gasteiger partial charge in [-0.05, 0) is 37.5 Å². The number of carbonyl (C=O) groups excluding carboxylic acids is 1. The second-order valence-electron chi connectivity index (χ2n) is 6.47. The summed E-state index contributed by atoms with van der Waals surface area (Å²) < 4.78 is 10.9. The van der Waals surface area contributed by atoms with Gasteiger partial charge in [0.25, 0.3) is 5.91 Å². The summed E-state index contributed by atoms with van der Waals surface area (Å²) in [6.45, 7) is 2.34. The third kappa shape index (κ3) is 2.67. The van der Waals surface area contributed by atoms with E-state index in [1.54, 1.807) is 13.2 Å². The van der Waals surface area contributed by atoms with E-state index in [9.17, 15) is 4.79 Å². The number of amides is 1. The number of carbonyl (C=O) groups is 1. The number of hydrogen-bond donors (Lipinski definition) is 1. The van der Waals surface area contributed by atoms with E-state index >= 15 is 0 Å². The first-order valence-corrected chi connectivity index (χ1v) is 8.32. The third-order valence-electron chi connectivity index (χ3n) is 5.10. The lowest BCUT2D eigenvalue weighted by molar-refractivity contribution is -0.169. The number of aromatic nitrogens is 2. The van der Waals surface area contributed by atoms with Crippen LogP contribution >= 0.6 is 0 Å². The molecule has 2 aromatic rings. The van der Waals surface area contributed by atoms with Gasteiger partial charge in [-0.1, -0.05) is 12.1 Å². The van der Waals surface area contributed by atoms with Gasteiger partial charge in [-0.15, -0.1) is 0 Å². The molecule has 3 heterocycles. The molecule has 1 amide bonds. The molecular formula is C18H21N3O3. The van der Waals surface area contributed by atoms with Crippen LogP contribution in [-0.2, 0) is 4.74 Å². The molecule has 24 heavy (non-hydrogen) atoms. The summed E-state index contributed by atoms with van der Waals surface area (Å²) in [4.78, 5) is 14.6. The van der Waals surface area contributed by atoms with E-state index in [1.165, 1.54) is 0 Å². The second kappa shape index (κ2) is 5.94. The van der Waals surface area contributed by atoms with E-state index in [0.29, 0.717) is 5.69 Å². The minimum absolute atomic E-state index is 0.00539. The number of benzene rings is 1. The lowest BCUT2D eigenvalue weighted by Crippen LogP contribution is -2.53. The number of rotatable bonds is 3. The van der Waals surface area contributed by atoms with Crippen LogP contribution in [0.25, 0.3) is 11.3 Å². The van der Waals surface area contributed by atoms with Crippen LogP contribution in [0, 0.1) is 0 Å². The van der Waals surface area contributed by atoms with E-state index in [0.717, 1.165) is 56.0 Å². The van der Waals surface area contributed by atoms with E-state index in [2.05, 4.69) is 10.2 Å². The number of hydrogen-bond acceptors (Lipinski definition) is 4. The fourth-order valence-electron chi connectivity index (χ4n) is 3.43. The molecule has 0 radical (unpaired) electrons. The van der Waals surface area contributed by atoms with Gasteiger partial charge in [-0.3, -0.25) is 9.89 Å². The van der Waals surface area contributed by atoms with Crippen LogP contribution in [0.3, 0.4) is 0 Å². The van der Waals surface area contributed by atoms with Gasteiger partial charge in [-0.25, -0.2) is 0 Å². The first-order valence-electron chi connectivity index (χ1n) is 8.32. The lowest BCUT2D eigenvalue weighted by Gasteiger charge is -2.47. The number of methoxy groups -OCH3 is 1. The Morgan fingerprint density at radius 2 is 2.08 bits per heavy atom. The zero-order valence-electron chi connectivity index (χ0n) is 13.7. The first-order chi connectivity index (χ1) is 11.7. The highest BCUT2D eigenvalue weighted by Gasteiger charge is 2.42. The smallest absolute Gasteiger partial charge is 0.271 e. The molecule has 2 aliphatic rings. The van der Waals surface area contributed by atoms with Gasteiger partial charge in [0, 0.05) is 18.7 Å². The van der Waals surface area contributed by atoms with Crippen molar-refractivity contribution in [3.63, 3.8) is 0 Å². The number of H-pyrrole nitrogens is 1. The minimum atomic E-state index is 0.00539. The van der Waals surface area contributed by atoms with Crippen molar-refractivity contribution in [1.29, 1.82) is 0 Å². The number of ether oxygens (including phenoxy) is 2. The van der Waals surface area contributed by atoms with Gasteiger partial charge in [-0.2, -0.15) is 5.10 Å². The monoisotopic (exact) mass is 327 g/mol. The van der Waals surface area contributed by atoms with Gasteiger partial charge >= 0.3 is 0 Å². The fourth-order valence-corrected chi connectivity index (χ4v) is 3.43. The number of piperidine rings is 1. The molecule has 0 aliphatic carbocycles. The molecular weight excluding hydrogens is 306 g/mol. The molecule has 0 atom stereocenters. The van der Waals surface area contributed by atoms with Crippen molar-refractivity contribution in [2.24, 2.45) is 0 Å². The van der Waals surface area contributed by atoms with Crippen molar-refractivity contribution in [3.8, 4) is 17.0 Å². The van der Waals surface area contributed by atoms with Crippen LogP contribution in [0.1, 0.15) is 29.8 Å². The largest absolute Gasteiger partial charge is 0.497 e. The Labute approximate surface area is 140 Å². The summed E-state index contributed by atoms with van der Waals surface area (Å²) >= 11 is 0. The zero-order chi connectivity index (χ0) is 16.6. The highest BCUT2D eigenvalue weighted by atomic mass is 16.5. The molecule has 2 aliphatic heterocycles. The van der Waals surface area contributed by atoms with E-state index in [4.69, 9.17) is 9.47 Å². The average Bonchev–Trinajstić information content (AvgIpc) is 3.10. The van der Waals surface area contributed by atoms with Gasteiger partial charge in [0.2, 0.25) is 0 Å². The van der Waals surface area contributed by atoms with Crippen molar-refractivity contribution in [2.75, 3.05) is 26.8 Å². The number of aromatic amines is 1. The Hall–Kier alpha value is -2.34. The Morgan fingerprint density at radius 1 is 1.29 bits per heavy atom. The summed E-state index contributed by atoms with van der Waals surface area (Å²) in [5.41, 5.74) is 2.24. The molecule has 1 aromatic carbocycles. The van der Waals surface area contributed by atoms with Crippen LogP contribution in [-0.4, -0.2) is 53.4 Å². The van der Waals surface area contributed by atoms with Crippen LogP contribution in [0.2, 0.25) is 0 Å². The maximum atomic E-state index is 12.7. The van der Waals surface area contributed by atoms with Crippen molar-refractivity contribution in [2.45, 2.75) is 24.9 Å². The number of likely N-dealkylation sites (tertiary alicyclic amines) is 1. The van der Waals surface area contributed by atoms with Gasteiger partial charge < -0.3 is 14.4 Å². The summed E-state index contributed by atoms with van der Waals surface area (Å²) in [6, 6.07) is 9.46. The van der Waals surface area contributed by atoms with Crippen molar-refractivity contribution in [3.05, 3.63) is 36.0 Å². The fraction of sp³-hybridized carbons (Fsp3) is 0.444. The van der Waals surface area contributed by atoms with Crippen LogP contribution in [0.4, 0.5) is 0 Å².